The molecule has 1 amide bonds. The lowest BCUT2D eigenvalue weighted by Gasteiger charge is -2.43. The Morgan fingerprint density at radius 2 is 2.03 bits per heavy atom. The van der Waals surface area contributed by atoms with E-state index in [1.54, 1.807) is 6.92 Å². The zero-order valence-corrected chi connectivity index (χ0v) is 19.5. The summed E-state index contributed by atoms with van der Waals surface area (Å²) >= 11 is 5.47. The predicted molar refractivity (Wildman–Crippen MR) is 122 cm³/mol. The van der Waals surface area contributed by atoms with Crippen LogP contribution in [0, 0.1) is 17.1 Å². The van der Waals surface area contributed by atoms with Crippen LogP contribution in [0.1, 0.15) is 43.9 Å². The first-order valence-electron chi connectivity index (χ1n) is 10.8. The van der Waals surface area contributed by atoms with Crippen LogP contribution < -0.4 is 14.5 Å². The lowest BCUT2D eigenvalue weighted by atomic mass is 9.75. The molecule has 1 unspecified atom stereocenters. The fourth-order valence-corrected chi connectivity index (χ4v) is 4.74. The molecule has 2 aromatic rings. The number of carboxylic acids is 1. The lowest BCUT2D eigenvalue weighted by Crippen LogP contribution is -2.55. The van der Waals surface area contributed by atoms with Crippen molar-refractivity contribution in [2.24, 2.45) is 0 Å². The molecule has 36 heavy (non-hydrogen) atoms. The number of aromatic nitrogens is 1. The molecule has 2 aliphatic rings. The Labute approximate surface area is 207 Å². The highest BCUT2D eigenvalue weighted by atomic mass is 32.1. The van der Waals surface area contributed by atoms with Gasteiger partial charge in [0, 0.05) is 11.8 Å². The topological polar surface area (TPSA) is 107 Å². The van der Waals surface area contributed by atoms with Gasteiger partial charge in [0.1, 0.15) is 11.6 Å². The van der Waals surface area contributed by atoms with Gasteiger partial charge in [-0.3, -0.25) is 9.69 Å². The van der Waals surface area contributed by atoms with E-state index < -0.39 is 46.8 Å². The SMILES string of the molecule is CCC(Oc1ccc(N2C(=S)N(c3cnc(C#N)c(C(F)(F)F)c3)C(=O)C23CCC3)cc1F)C(=O)O. The van der Waals surface area contributed by atoms with E-state index in [2.05, 4.69) is 4.98 Å². The summed E-state index contributed by atoms with van der Waals surface area (Å²) in [6.45, 7) is 1.57. The molecule has 1 atom stereocenters. The molecule has 1 aliphatic carbocycles. The maximum atomic E-state index is 14.9. The molecule has 2 fully saturated rings. The van der Waals surface area contributed by atoms with Gasteiger partial charge in [-0.15, -0.1) is 0 Å². The van der Waals surface area contributed by atoms with Crippen molar-refractivity contribution in [2.75, 3.05) is 9.80 Å². The van der Waals surface area contributed by atoms with E-state index in [1.807, 2.05) is 0 Å². The van der Waals surface area contributed by atoms with E-state index in [4.69, 9.17) is 27.3 Å². The molecule has 13 heteroatoms. The number of nitrogens with zero attached hydrogens (tertiary/aromatic N) is 4. The summed E-state index contributed by atoms with van der Waals surface area (Å²) in [6.07, 6.45) is -3.81. The molecule has 1 N–H and O–H groups in total. The fraction of sp³-hybridized carbons (Fsp3) is 0.348. The molecule has 1 saturated heterocycles. The highest BCUT2D eigenvalue weighted by Gasteiger charge is 2.60. The number of carboxylic acid groups (broad SMARTS) is 1. The van der Waals surface area contributed by atoms with Gasteiger partial charge in [0.05, 0.1) is 17.4 Å². The Morgan fingerprint density at radius 1 is 1.33 bits per heavy atom. The predicted octanol–water partition coefficient (Wildman–Crippen LogP) is 4.41. The standard InChI is InChI=1S/C23H18F4N4O4S/c1-2-17(19(32)33)35-18-5-4-12(9-15(18)24)31-21(36)30(20(34)22(31)6-3-7-22)13-8-14(23(25,26)27)16(10-28)29-11-13/h4-5,8-9,11,17H,2-3,6-7H2,1H3,(H,32,33). The summed E-state index contributed by atoms with van der Waals surface area (Å²) in [7, 11) is 0. The van der Waals surface area contributed by atoms with E-state index in [0.717, 1.165) is 17.2 Å². The van der Waals surface area contributed by atoms with Crippen molar-refractivity contribution >= 4 is 40.6 Å². The molecule has 188 valence electrons. The van der Waals surface area contributed by atoms with Gasteiger partial charge in [0.15, 0.2) is 28.5 Å². The summed E-state index contributed by atoms with van der Waals surface area (Å²) in [4.78, 5) is 30.6. The van der Waals surface area contributed by atoms with Gasteiger partial charge in [-0.25, -0.2) is 14.2 Å². The average molecular weight is 522 g/mol. The van der Waals surface area contributed by atoms with Crippen LogP contribution in [-0.4, -0.2) is 38.7 Å². The van der Waals surface area contributed by atoms with E-state index in [9.17, 15) is 27.2 Å². The summed E-state index contributed by atoms with van der Waals surface area (Å²) in [6, 6.07) is 5.66. The smallest absolute Gasteiger partial charge is 0.419 e. The van der Waals surface area contributed by atoms with Gasteiger partial charge in [-0.1, -0.05) is 6.92 Å². The summed E-state index contributed by atoms with van der Waals surface area (Å²) in [5.41, 5.74) is -3.48. The second kappa shape index (κ2) is 9.02. The molecule has 8 nitrogen and oxygen atoms in total. The average Bonchev–Trinajstić information content (AvgIpc) is 3.03. The summed E-state index contributed by atoms with van der Waals surface area (Å²) in [5.74, 6) is -3.05. The Morgan fingerprint density at radius 3 is 2.53 bits per heavy atom. The molecule has 0 radical (unpaired) electrons. The first-order valence-corrected chi connectivity index (χ1v) is 11.2. The molecule has 1 aromatic carbocycles. The molecular formula is C23H18F4N4O4S. The van der Waals surface area contributed by atoms with Gasteiger partial charge in [0.2, 0.25) is 0 Å². The second-order valence-electron chi connectivity index (χ2n) is 8.31. The number of aliphatic carboxylic acids is 1. The minimum absolute atomic E-state index is 0.0951. The molecule has 2 heterocycles. The van der Waals surface area contributed by atoms with Crippen molar-refractivity contribution in [3.8, 4) is 11.8 Å². The molecule has 1 aliphatic heterocycles. The Balaban J connectivity index is 1.73. The number of hydrogen-bond acceptors (Lipinski definition) is 6. The molecule has 1 spiro atoms. The third kappa shape index (κ3) is 4.01. The van der Waals surface area contributed by atoms with Gasteiger partial charge in [-0.2, -0.15) is 18.4 Å². The van der Waals surface area contributed by atoms with Gasteiger partial charge in [0.25, 0.3) is 5.91 Å². The van der Waals surface area contributed by atoms with Crippen LogP contribution in [0.2, 0.25) is 0 Å². The number of carbonyl (C=O) groups is 2. The number of carbonyl (C=O) groups excluding carboxylic acids is 1. The van der Waals surface area contributed by atoms with Gasteiger partial charge < -0.3 is 14.7 Å². The van der Waals surface area contributed by atoms with Crippen molar-refractivity contribution in [1.82, 2.24) is 4.98 Å². The van der Waals surface area contributed by atoms with E-state index in [-0.39, 0.29) is 28.7 Å². The normalized spacial score (nSPS) is 17.7. The number of alkyl halides is 3. The zero-order valence-electron chi connectivity index (χ0n) is 18.7. The van der Waals surface area contributed by atoms with E-state index in [0.29, 0.717) is 25.3 Å². The number of thiocarbonyl (C=S) groups is 1. The van der Waals surface area contributed by atoms with Crippen LogP contribution in [0.5, 0.6) is 5.75 Å². The largest absolute Gasteiger partial charge is 0.479 e. The maximum absolute atomic E-state index is 14.9. The van der Waals surface area contributed by atoms with Crippen LogP contribution in [-0.2, 0) is 15.8 Å². The minimum Gasteiger partial charge on any atom is -0.479 e. The van der Waals surface area contributed by atoms with Crippen LogP contribution in [0.15, 0.2) is 30.5 Å². The second-order valence-corrected chi connectivity index (χ2v) is 8.68. The maximum Gasteiger partial charge on any atom is 0.419 e. The molecule has 1 aromatic heterocycles. The van der Waals surface area contributed by atoms with Gasteiger partial charge in [-0.05, 0) is 56.1 Å². The first-order chi connectivity index (χ1) is 16.9. The Hall–Kier alpha value is -3.79. The minimum atomic E-state index is -4.89. The summed E-state index contributed by atoms with van der Waals surface area (Å²) < 4.78 is 60.6. The number of pyridine rings is 1. The number of anilines is 2. The first kappa shape index (κ1) is 25.3. The Bertz CT molecular complexity index is 1310. The summed E-state index contributed by atoms with van der Waals surface area (Å²) in [5, 5.41) is 18.0. The van der Waals surface area contributed by atoms with Crippen LogP contribution in [0.3, 0.4) is 0 Å². The highest BCUT2D eigenvalue weighted by molar-refractivity contribution is 7.81. The van der Waals surface area contributed by atoms with Crippen LogP contribution in [0.25, 0.3) is 0 Å². The molecule has 1 saturated carbocycles. The molecule has 0 bridgehead atoms. The number of benzene rings is 1. The third-order valence-electron chi connectivity index (χ3n) is 6.22. The number of rotatable bonds is 6. The van der Waals surface area contributed by atoms with E-state index >= 15 is 0 Å². The highest BCUT2D eigenvalue weighted by Crippen LogP contribution is 2.48. The zero-order chi connectivity index (χ0) is 26.4. The number of amides is 1. The molecule has 4 rings (SSSR count). The number of nitriles is 1. The van der Waals surface area contributed by atoms with E-state index in [1.165, 1.54) is 23.1 Å². The van der Waals surface area contributed by atoms with Crippen molar-refractivity contribution in [3.63, 3.8) is 0 Å². The Kier molecular flexibility index (Phi) is 6.34. The quantitative estimate of drug-likeness (QED) is 0.439. The number of ether oxygens (including phenoxy) is 1. The lowest BCUT2D eigenvalue weighted by molar-refractivity contribution is -0.145. The van der Waals surface area contributed by atoms with Gasteiger partial charge >= 0.3 is 12.1 Å². The van der Waals surface area contributed by atoms with Crippen molar-refractivity contribution in [2.45, 2.75) is 50.4 Å². The number of halogens is 4. The van der Waals surface area contributed by atoms with Crippen molar-refractivity contribution in [3.05, 3.63) is 47.5 Å². The van der Waals surface area contributed by atoms with Crippen molar-refractivity contribution in [1.29, 1.82) is 5.26 Å². The van der Waals surface area contributed by atoms with Crippen LogP contribution in [0.4, 0.5) is 28.9 Å². The third-order valence-corrected chi connectivity index (χ3v) is 6.59. The van der Waals surface area contributed by atoms with Crippen molar-refractivity contribution < 1.29 is 37.0 Å². The number of hydrogen-bond donors (Lipinski definition) is 1. The molecular weight excluding hydrogens is 504 g/mol. The fourth-order valence-electron chi connectivity index (χ4n) is 4.28. The monoisotopic (exact) mass is 522 g/mol. The van der Waals surface area contributed by atoms with Crippen LogP contribution >= 0.6 is 12.2 Å².